The van der Waals surface area contributed by atoms with Crippen LogP contribution in [0.4, 0.5) is 0 Å². The van der Waals surface area contributed by atoms with Gasteiger partial charge in [-0.25, -0.2) is 4.98 Å². The predicted octanol–water partition coefficient (Wildman–Crippen LogP) is 1.02. The van der Waals surface area contributed by atoms with E-state index in [9.17, 15) is 4.79 Å². The third-order valence-corrected chi connectivity index (χ3v) is 1.86. The van der Waals surface area contributed by atoms with Crippen molar-refractivity contribution in [2.45, 2.75) is 13.3 Å². The van der Waals surface area contributed by atoms with Crippen LogP contribution in [0.1, 0.15) is 19.0 Å². The number of hydrogen-bond acceptors (Lipinski definition) is 3. The molecule has 0 aliphatic rings. The maximum absolute atomic E-state index is 10.5. The first-order valence-electron chi connectivity index (χ1n) is 3.90. The van der Waals surface area contributed by atoms with Crippen molar-refractivity contribution in [3.8, 4) is 11.8 Å². The lowest BCUT2D eigenvalue weighted by atomic mass is 10.4. The molecule has 68 valence electrons. The van der Waals surface area contributed by atoms with Crippen LogP contribution in [0.15, 0.2) is 10.9 Å². The number of carbonyl (C=O) groups excluding carboxylic acids is 1. The van der Waals surface area contributed by atoms with Crippen molar-refractivity contribution in [2.24, 2.45) is 0 Å². The zero-order valence-electron chi connectivity index (χ0n) is 7.33. The van der Waals surface area contributed by atoms with Crippen molar-refractivity contribution in [2.75, 3.05) is 6.54 Å². The number of carbonyl (C=O) groups is 1. The molecule has 13 heavy (non-hydrogen) atoms. The number of nitrogens with one attached hydrogen (secondary N) is 1. The highest BCUT2D eigenvalue weighted by Gasteiger charge is 1.87. The van der Waals surface area contributed by atoms with Crippen molar-refractivity contribution >= 4 is 17.2 Å². The number of aromatic nitrogens is 1. The fourth-order valence-corrected chi connectivity index (χ4v) is 1.21. The Morgan fingerprint density at radius 1 is 1.77 bits per heavy atom. The van der Waals surface area contributed by atoms with Crippen molar-refractivity contribution in [3.63, 3.8) is 0 Å². The maximum atomic E-state index is 10.5. The summed E-state index contributed by atoms with van der Waals surface area (Å²) in [6.45, 7) is 2.10. The van der Waals surface area contributed by atoms with Gasteiger partial charge in [0.05, 0.1) is 5.51 Å². The minimum Gasteiger partial charge on any atom is -0.355 e. The van der Waals surface area contributed by atoms with Crippen LogP contribution in [0, 0.1) is 11.8 Å². The molecule has 0 atom stereocenters. The highest BCUT2D eigenvalue weighted by atomic mass is 32.1. The van der Waals surface area contributed by atoms with Crippen LogP contribution in [-0.4, -0.2) is 17.4 Å². The third-order valence-electron chi connectivity index (χ3n) is 1.27. The van der Waals surface area contributed by atoms with Gasteiger partial charge in [0.2, 0.25) is 5.91 Å². The lowest BCUT2D eigenvalue weighted by Crippen LogP contribution is -2.20. The van der Waals surface area contributed by atoms with Gasteiger partial charge in [-0.3, -0.25) is 4.79 Å². The molecule has 1 amide bonds. The molecule has 0 saturated heterocycles. The Kier molecular flexibility index (Phi) is 4.00. The van der Waals surface area contributed by atoms with Crippen LogP contribution < -0.4 is 5.32 Å². The Hall–Kier alpha value is -1.34. The van der Waals surface area contributed by atoms with Crippen molar-refractivity contribution in [1.29, 1.82) is 0 Å². The minimum atomic E-state index is -0.0181. The van der Waals surface area contributed by atoms with E-state index in [2.05, 4.69) is 22.1 Å². The van der Waals surface area contributed by atoms with Gasteiger partial charge in [-0.1, -0.05) is 5.92 Å². The van der Waals surface area contributed by atoms with Crippen LogP contribution in [0.3, 0.4) is 0 Å². The smallest absolute Gasteiger partial charge is 0.216 e. The summed E-state index contributed by atoms with van der Waals surface area (Å²) in [5.41, 5.74) is 2.55. The van der Waals surface area contributed by atoms with Gasteiger partial charge in [0.1, 0.15) is 5.69 Å². The van der Waals surface area contributed by atoms with E-state index in [-0.39, 0.29) is 5.91 Å². The second-order valence-corrected chi connectivity index (χ2v) is 3.13. The maximum Gasteiger partial charge on any atom is 0.216 e. The van der Waals surface area contributed by atoms with Gasteiger partial charge in [0.25, 0.3) is 0 Å². The van der Waals surface area contributed by atoms with Crippen LogP contribution in [0.2, 0.25) is 0 Å². The molecule has 3 nitrogen and oxygen atoms in total. The van der Waals surface area contributed by atoms with Gasteiger partial charge in [0.15, 0.2) is 0 Å². The molecule has 0 unspecified atom stereocenters. The summed E-state index contributed by atoms with van der Waals surface area (Å²) in [5.74, 6) is 5.80. The Bertz CT molecular complexity index is 321. The average Bonchev–Trinajstić information content (AvgIpc) is 2.55. The number of thiazole rings is 1. The Morgan fingerprint density at radius 3 is 3.23 bits per heavy atom. The lowest BCUT2D eigenvalue weighted by molar-refractivity contribution is -0.118. The molecule has 0 aliphatic heterocycles. The SMILES string of the molecule is CC(=O)NCCC#Cc1cscn1. The van der Waals surface area contributed by atoms with E-state index in [0.717, 1.165) is 5.69 Å². The highest BCUT2D eigenvalue weighted by Crippen LogP contribution is 1.97. The normalized spacial score (nSPS) is 8.69. The van der Waals surface area contributed by atoms with E-state index in [1.54, 1.807) is 5.51 Å². The zero-order chi connectivity index (χ0) is 9.52. The molecular weight excluding hydrogens is 184 g/mol. The largest absolute Gasteiger partial charge is 0.355 e. The number of nitrogens with zero attached hydrogens (tertiary/aromatic N) is 1. The summed E-state index contributed by atoms with van der Waals surface area (Å²) >= 11 is 1.52. The monoisotopic (exact) mass is 194 g/mol. The Labute approximate surface area is 81.2 Å². The topological polar surface area (TPSA) is 42.0 Å². The van der Waals surface area contributed by atoms with E-state index < -0.39 is 0 Å². The molecule has 0 aromatic carbocycles. The van der Waals surface area contributed by atoms with Crippen LogP contribution >= 0.6 is 11.3 Å². The summed E-state index contributed by atoms with van der Waals surface area (Å²) in [6, 6.07) is 0. The molecule has 0 fully saturated rings. The van der Waals surface area contributed by atoms with E-state index >= 15 is 0 Å². The summed E-state index contributed by atoms with van der Waals surface area (Å²) in [6.07, 6.45) is 0.664. The molecular formula is C9H10N2OS. The van der Waals surface area contributed by atoms with Crippen LogP contribution in [0.5, 0.6) is 0 Å². The molecule has 4 heteroatoms. The molecule has 1 aromatic heterocycles. The first-order chi connectivity index (χ1) is 6.29. The number of amides is 1. The quantitative estimate of drug-likeness (QED) is 0.564. The Morgan fingerprint density at radius 2 is 2.62 bits per heavy atom. The first-order valence-corrected chi connectivity index (χ1v) is 4.85. The van der Waals surface area contributed by atoms with Crippen molar-refractivity contribution in [1.82, 2.24) is 10.3 Å². The molecule has 0 bridgehead atoms. The van der Waals surface area contributed by atoms with Gasteiger partial charge >= 0.3 is 0 Å². The summed E-state index contributed by atoms with van der Waals surface area (Å²) < 4.78 is 0. The molecule has 0 aliphatic carbocycles. The molecule has 1 aromatic rings. The molecule has 0 radical (unpaired) electrons. The second kappa shape index (κ2) is 5.33. The summed E-state index contributed by atoms with van der Waals surface area (Å²) in [7, 11) is 0. The molecule has 1 N–H and O–H groups in total. The lowest BCUT2D eigenvalue weighted by Gasteiger charge is -1.93. The second-order valence-electron chi connectivity index (χ2n) is 2.41. The van der Waals surface area contributed by atoms with Crippen molar-refractivity contribution in [3.05, 3.63) is 16.6 Å². The van der Waals surface area contributed by atoms with Gasteiger partial charge in [-0.15, -0.1) is 11.3 Å². The summed E-state index contributed by atoms with van der Waals surface area (Å²) in [4.78, 5) is 14.5. The summed E-state index contributed by atoms with van der Waals surface area (Å²) in [5, 5.41) is 4.56. The molecule has 0 spiro atoms. The minimum absolute atomic E-state index is 0.0181. The van der Waals surface area contributed by atoms with E-state index in [1.807, 2.05) is 5.38 Å². The van der Waals surface area contributed by atoms with E-state index in [0.29, 0.717) is 13.0 Å². The predicted molar refractivity (Wildman–Crippen MR) is 52.3 cm³/mol. The number of rotatable bonds is 2. The molecule has 0 saturated carbocycles. The van der Waals surface area contributed by atoms with Gasteiger partial charge < -0.3 is 5.32 Å². The average molecular weight is 194 g/mol. The van der Waals surface area contributed by atoms with E-state index in [4.69, 9.17) is 0 Å². The van der Waals surface area contributed by atoms with Gasteiger partial charge in [-0.2, -0.15) is 0 Å². The Balaban J connectivity index is 2.22. The van der Waals surface area contributed by atoms with Gasteiger partial charge in [0, 0.05) is 25.3 Å². The fourth-order valence-electron chi connectivity index (χ4n) is 0.728. The van der Waals surface area contributed by atoms with Crippen LogP contribution in [-0.2, 0) is 4.79 Å². The first kappa shape index (κ1) is 9.75. The van der Waals surface area contributed by atoms with Crippen molar-refractivity contribution < 1.29 is 4.79 Å². The standard InChI is InChI=1S/C9H10N2OS/c1-8(12)10-5-3-2-4-9-6-13-7-11-9/h6-7H,3,5H2,1H3,(H,10,12). The number of hydrogen-bond donors (Lipinski definition) is 1. The molecule has 1 heterocycles. The third kappa shape index (κ3) is 4.28. The van der Waals surface area contributed by atoms with Crippen LogP contribution in [0.25, 0.3) is 0 Å². The highest BCUT2D eigenvalue weighted by molar-refractivity contribution is 7.07. The van der Waals surface area contributed by atoms with E-state index in [1.165, 1.54) is 18.3 Å². The zero-order valence-corrected chi connectivity index (χ0v) is 8.15. The molecule has 1 rings (SSSR count). The van der Waals surface area contributed by atoms with Gasteiger partial charge in [-0.05, 0) is 5.92 Å². The fraction of sp³-hybridized carbons (Fsp3) is 0.333.